The van der Waals surface area contributed by atoms with Gasteiger partial charge in [0.15, 0.2) is 0 Å². The zero-order chi connectivity index (χ0) is 14.1. The molecule has 0 spiro atoms. The summed E-state index contributed by atoms with van der Waals surface area (Å²) in [5.41, 5.74) is 3.81. The predicted molar refractivity (Wildman–Crippen MR) is 83.4 cm³/mol. The number of nitrogens with one attached hydrogen (secondary N) is 1. The largest absolute Gasteiger partial charge is 0.378 e. The molecular weight excluding hydrogens is 318 g/mol. The molecule has 0 saturated heterocycles. The SMILES string of the molecule is Fc1cc(Cl)ccc1CNc1c(Cl)ccc2scnc12. The molecule has 6 heteroatoms. The monoisotopic (exact) mass is 326 g/mol. The molecule has 3 rings (SSSR count). The summed E-state index contributed by atoms with van der Waals surface area (Å²) in [5.74, 6) is -0.341. The number of hydrogen-bond donors (Lipinski definition) is 1. The Morgan fingerprint density at radius 1 is 1.20 bits per heavy atom. The number of nitrogens with zero attached hydrogens (tertiary/aromatic N) is 1. The standard InChI is InChI=1S/C14H9Cl2FN2S/c15-9-2-1-8(11(17)5-9)6-18-13-10(16)3-4-12-14(13)19-7-20-12/h1-5,7,18H,6H2. The summed E-state index contributed by atoms with van der Waals surface area (Å²) in [6, 6.07) is 8.34. The molecule has 0 unspecified atom stereocenters. The van der Waals surface area contributed by atoms with Crippen LogP contribution in [0.4, 0.5) is 10.1 Å². The number of hydrogen-bond acceptors (Lipinski definition) is 3. The summed E-state index contributed by atoms with van der Waals surface area (Å²) in [5, 5.41) is 4.10. The number of anilines is 1. The van der Waals surface area contributed by atoms with E-state index in [9.17, 15) is 4.39 Å². The molecule has 0 radical (unpaired) electrons. The van der Waals surface area contributed by atoms with Crippen molar-refractivity contribution in [1.82, 2.24) is 4.98 Å². The van der Waals surface area contributed by atoms with Crippen molar-refractivity contribution in [2.24, 2.45) is 0 Å². The van der Waals surface area contributed by atoms with Crippen molar-refractivity contribution in [2.45, 2.75) is 6.54 Å². The average Bonchev–Trinajstić information content (AvgIpc) is 2.88. The highest BCUT2D eigenvalue weighted by Crippen LogP contribution is 2.32. The summed E-state index contributed by atoms with van der Waals surface area (Å²) in [4.78, 5) is 4.29. The van der Waals surface area contributed by atoms with Crippen molar-refractivity contribution in [2.75, 3.05) is 5.32 Å². The van der Waals surface area contributed by atoms with Crippen LogP contribution in [-0.4, -0.2) is 4.98 Å². The fraction of sp³-hybridized carbons (Fsp3) is 0.0714. The van der Waals surface area contributed by atoms with E-state index in [1.54, 1.807) is 17.6 Å². The third-order valence-corrected chi connectivity index (χ3v) is 4.27. The van der Waals surface area contributed by atoms with Gasteiger partial charge in [-0.15, -0.1) is 11.3 Å². The van der Waals surface area contributed by atoms with Crippen molar-refractivity contribution in [3.63, 3.8) is 0 Å². The fourth-order valence-electron chi connectivity index (χ4n) is 1.92. The Balaban J connectivity index is 1.90. The summed E-state index contributed by atoms with van der Waals surface area (Å²) in [7, 11) is 0. The van der Waals surface area contributed by atoms with Crippen LogP contribution in [0.2, 0.25) is 10.0 Å². The molecule has 1 heterocycles. The van der Waals surface area contributed by atoms with Crippen LogP contribution in [0.25, 0.3) is 10.2 Å². The number of thiazole rings is 1. The summed E-state index contributed by atoms with van der Waals surface area (Å²) < 4.78 is 14.8. The van der Waals surface area contributed by atoms with Gasteiger partial charge in [0.05, 0.1) is 20.9 Å². The van der Waals surface area contributed by atoms with Crippen LogP contribution in [0, 0.1) is 5.82 Å². The molecule has 0 fully saturated rings. The van der Waals surface area contributed by atoms with Crippen molar-refractivity contribution in [3.05, 3.63) is 57.3 Å². The lowest BCUT2D eigenvalue weighted by molar-refractivity contribution is 0.613. The molecule has 2 nitrogen and oxygen atoms in total. The molecule has 2 aromatic carbocycles. The normalized spacial score (nSPS) is 10.9. The van der Waals surface area contributed by atoms with Gasteiger partial charge < -0.3 is 5.32 Å². The van der Waals surface area contributed by atoms with E-state index in [0.29, 0.717) is 22.2 Å². The quantitative estimate of drug-likeness (QED) is 0.701. The molecule has 1 aromatic heterocycles. The average molecular weight is 327 g/mol. The van der Waals surface area contributed by atoms with Gasteiger partial charge in [0.1, 0.15) is 11.3 Å². The number of benzene rings is 2. The minimum absolute atomic E-state index is 0.319. The molecule has 0 amide bonds. The van der Waals surface area contributed by atoms with Crippen LogP contribution in [0.5, 0.6) is 0 Å². The Bertz CT molecular complexity index is 773. The van der Waals surface area contributed by atoms with Crippen LogP contribution >= 0.6 is 34.5 Å². The Morgan fingerprint density at radius 3 is 2.85 bits per heavy atom. The van der Waals surface area contributed by atoms with Crippen molar-refractivity contribution < 1.29 is 4.39 Å². The zero-order valence-corrected chi connectivity index (χ0v) is 12.5. The number of rotatable bonds is 3. The van der Waals surface area contributed by atoms with Gasteiger partial charge in [-0.25, -0.2) is 9.37 Å². The first-order valence-corrected chi connectivity index (χ1v) is 7.48. The third kappa shape index (κ3) is 2.59. The van der Waals surface area contributed by atoms with Gasteiger partial charge in [-0.05, 0) is 24.3 Å². The molecule has 102 valence electrons. The van der Waals surface area contributed by atoms with Crippen LogP contribution < -0.4 is 5.32 Å². The van der Waals surface area contributed by atoms with Gasteiger partial charge in [-0.1, -0.05) is 29.3 Å². The topological polar surface area (TPSA) is 24.9 Å². The van der Waals surface area contributed by atoms with Crippen LogP contribution in [0.1, 0.15) is 5.56 Å². The van der Waals surface area contributed by atoms with Crippen molar-refractivity contribution in [3.8, 4) is 0 Å². The Kier molecular flexibility index (Phi) is 3.78. The first-order chi connectivity index (χ1) is 9.65. The van der Waals surface area contributed by atoms with Crippen molar-refractivity contribution in [1.29, 1.82) is 0 Å². The van der Waals surface area contributed by atoms with E-state index >= 15 is 0 Å². The Morgan fingerprint density at radius 2 is 2.05 bits per heavy atom. The number of halogens is 3. The van der Waals surface area contributed by atoms with Crippen molar-refractivity contribution >= 4 is 50.4 Å². The second-order valence-electron chi connectivity index (χ2n) is 4.21. The molecule has 1 N–H and O–H groups in total. The van der Waals surface area contributed by atoms with Gasteiger partial charge in [0, 0.05) is 17.1 Å². The lowest BCUT2D eigenvalue weighted by Crippen LogP contribution is -2.02. The van der Waals surface area contributed by atoms with Gasteiger partial charge in [-0.3, -0.25) is 0 Å². The van der Waals surface area contributed by atoms with E-state index in [0.717, 1.165) is 15.9 Å². The lowest BCUT2D eigenvalue weighted by atomic mass is 10.2. The number of fused-ring (bicyclic) bond motifs is 1. The fourth-order valence-corrected chi connectivity index (χ4v) is 2.99. The predicted octanol–water partition coefficient (Wildman–Crippen LogP) is 5.35. The van der Waals surface area contributed by atoms with Gasteiger partial charge in [0.2, 0.25) is 0 Å². The summed E-state index contributed by atoms with van der Waals surface area (Å²) in [6.07, 6.45) is 0. The zero-order valence-electron chi connectivity index (χ0n) is 10.2. The second-order valence-corrected chi connectivity index (χ2v) is 5.94. The van der Waals surface area contributed by atoms with Crippen LogP contribution in [0.3, 0.4) is 0 Å². The van der Waals surface area contributed by atoms with Crippen LogP contribution in [-0.2, 0) is 6.54 Å². The molecule has 0 aliphatic rings. The van der Waals surface area contributed by atoms with E-state index in [1.165, 1.54) is 17.4 Å². The van der Waals surface area contributed by atoms with Gasteiger partial charge >= 0.3 is 0 Å². The highest BCUT2D eigenvalue weighted by atomic mass is 35.5. The lowest BCUT2D eigenvalue weighted by Gasteiger charge is -2.10. The van der Waals surface area contributed by atoms with E-state index in [-0.39, 0.29) is 5.82 Å². The summed E-state index contributed by atoms with van der Waals surface area (Å²) >= 11 is 13.4. The highest BCUT2D eigenvalue weighted by Gasteiger charge is 2.10. The third-order valence-electron chi connectivity index (χ3n) is 2.92. The van der Waals surface area contributed by atoms with E-state index in [2.05, 4.69) is 10.3 Å². The van der Waals surface area contributed by atoms with E-state index in [1.807, 2.05) is 12.1 Å². The van der Waals surface area contributed by atoms with E-state index < -0.39 is 0 Å². The molecule has 0 aliphatic heterocycles. The smallest absolute Gasteiger partial charge is 0.129 e. The maximum atomic E-state index is 13.7. The van der Waals surface area contributed by atoms with E-state index in [4.69, 9.17) is 23.2 Å². The van der Waals surface area contributed by atoms with Gasteiger partial charge in [-0.2, -0.15) is 0 Å². The minimum Gasteiger partial charge on any atom is -0.378 e. The van der Waals surface area contributed by atoms with Gasteiger partial charge in [0.25, 0.3) is 0 Å². The highest BCUT2D eigenvalue weighted by molar-refractivity contribution is 7.16. The molecule has 0 atom stereocenters. The maximum absolute atomic E-state index is 13.7. The van der Waals surface area contributed by atoms with Crippen LogP contribution in [0.15, 0.2) is 35.8 Å². The molecule has 0 aliphatic carbocycles. The first kappa shape index (κ1) is 13.6. The summed E-state index contributed by atoms with van der Waals surface area (Å²) in [6.45, 7) is 0.319. The second kappa shape index (κ2) is 5.56. The maximum Gasteiger partial charge on any atom is 0.129 e. The first-order valence-electron chi connectivity index (χ1n) is 5.84. The Hall–Kier alpha value is -1.36. The molecule has 3 aromatic rings. The molecule has 0 saturated carbocycles. The minimum atomic E-state index is -0.341. The number of aromatic nitrogens is 1. The molecular formula is C14H9Cl2FN2S. The molecule has 0 bridgehead atoms. The Labute approximate surface area is 129 Å². The molecule has 20 heavy (non-hydrogen) atoms.